The first kappa shape index (κ1) is 11.2. The van der Waals surface area contributed by atoms with Crippen molar-refractivity contribution in [2.75, 3.05) is 20.2 Å². The summed E-state index contributed by atoms with van der Waals surface area (Å²) >= 11 is 0. The van der Waals surface area contributed by atoms with E-state index in [1.807, 2.05) is 0 Å². The first-order valence-corrected chi connectivity index (χ1v) is 6.29. The summed E-state index contributed by atoms with van der Waals surface area (Å²) in [5.41, 5.74) is 0.929. The molecular formula is C11H13NO3S. The van der Waals surface area contributed by atoms with E-state index in [0.29, 0.717) is 18.8 Å². The van der Waals surface area contributed by atoms with Gasteiger partial charge in [-0.2, -0.15) is 4.31 Å². The average Bonchev–Trinajstić information content (AvgIpc) is 2.24. The number of nitrogens with zero attached hydrogens (tertiary/aromatic N) is 1. The van der Waals surface area contributed by atoms with E-state index in [9.17, 15) is 8.42 Å². The van der Waals surface area contributed by atoms with Crippen LogP contribution in [-0.4, -0.2) is 32.9 Å². The standard InChI is InChI=1S/C11H13NO3S/c1-9-7-12(8-9)16(13,14)11-6-4-3-5-10(11)15-2/h3-6H,1,7-8H2,2H3. The maximum absolute atomic E-state index is 12.1. The van der Waals surface area contributed by atoms with Gasteiger partial charge in [0.25, 0.3) is 0 Å². The molecule has 1 aromatic rings. The van der Waals surface area contributed by atoms with E-state index < -0.39 is 10.0 Å². The molecule has 0 bridgehead atoms. The summed E-state index contributed by atoms with van der Waals surface area (Å²) in [4.78, 5) is 0.213. The highest BCUT2D eigenvalue weighted by Crippen LogP contribution is 2.29. The van der Waals surface area contributed by atoms with Crippen LogP contribution in [0.25, 0.3) is 0 Å². The minimum atomic E-state index is -3.43. The lowest BCUT2D eigenvalue weighted by atomic mass is 10.2. The molecule has 0 spiro atoms. The molecule has 5 heteroatoms. The van der Waals surface area contributed by atoms with E-state index in [1.54, 1.807) is 24.3 Å². The SMILES string of the molecule is C=C1CN(S(=O)(=O)c2ccccc2OC)C1. The summed E-state index contributed by atoms with van der Waals surface area (Å²) in [6, 6.07) is 6.62. The summed E-state index contributed by atoms with van der Waals surface area (Å²) in [5, 5.41) is 0. The van der Waals surface area contributed by atoms with Gasteiger partial charge in [0.15, 0.2) is 0 Å². The third kappa shape index (κ3) is 1.72. The number of hydrogen-bond donors (Lipinski definition) is 0. The van der Waals surface area contributed by atoms with Crippen molar-refractivity contribution in [3.05, 3.63) is 36.4 Å². The quantitative estimate of drug-likeness (QED) is 0.746. The van der Waals surface area contributed by atoms with Crippen LogP contribution in [0.15, 0.2) is 41.3 Å². The van der Waals surface area contributed by atoms with Crippen molar-refractivity contribution in [2.45, 2.75) is 4.90 Å². The van der Waals surface area contributed by atoms with Crippen molar-refractivity contribution in [1.29, 1.82) is 0 Å². The number of sulfonamides is 1. The van der Waals surface area contributed by atoms with E-state index in [0.717, 1.165) is 5.57 Å². The molecule has 0 radical (unpaired) electrons. The van der Waals surface area contributed by atoms with Crippen molar-refractivity contribution in [2.24, 2.45) is 0 Å². The van der Waals surface area contributed by atoms with E-state index >= 15 is 0 Å². The molecule has 1 aliphatic rings. The van der Waals surface area contributed by atoms with Crippen molar-refractivity contribution in [3.63, 3.8) is 0 Å². The van der Waals surface area contributed by atoms with Crippen LogP contribution in [0.1, 0.15) is 0 Å². The number of hydrogen-bond acceptors (Lipinski definition) is 3. The van der Waals surface area contributed by atoms with Gasteiger partial charge in [-0.3, -0.25) is 0 Å². The van der Waals surface area contributed by atoms with Gasteiger partial charge in [0, 0.05) is 13.1 Å². The Balaban J connectivity index is 2.39. The third-order valence-corrected chi connectivity index (χ3v) is 4.32. The van der Waals surface area contributed by atoms with Gasteiger partial charge in [0.2, 0.25) is 10.0 Å². The second-order valence-corrected chi connectivity index (χ2v) is 5.58. The van der Waals surface area contributed by atoms with Crippen LogP contribution in [0.3, 0.4) is 0 Å². The van der Waals surface area contributed by atoms with Crippen LogP contribution in [0.2, 0.25) is 0 Å². The highest BCUT2D eigenvalue weighted by molar-refractivity contribution is 7.89. The Morgan fingerprint density at radius 2 is 1.94 bits per heavy atom. The molecule has 1 heterocycles. The number of benzene rings is 1. The predicted molar refractivity (Wildman–Crippen MR) is 60.9 cm³/mol. The lowest BCUT2D eigenvalue weighted by Crippen LogP contribution is -2.43. The molecule has 86 valence electrons. The maximum atomic E-state index is 12.1. The van der Waals surface area contributed by atoms with Gasteiger partial charge in [0.05, 0.1) is 7.11 Å². The molecule has 1 aromatic carbocycles. The summed E-state index contributed by atoms with van der Waals surface area (Å²) in [6.45, 7) is 4.53. The fourth-order valence-electron chi connectivity index (χ4n) is 1.59. The average molecular weight is 239 g/mol. The zero-order valence-corrected chi connectivity index (χ0v) is 9.83. The normalized spacial score (nSPS) is 16.9. The Labute approximate surface area is 95.2 Å². The van der Waals surface area contributed by atoms with Gasteiger partial charge in [-0.25, -0.2) is 8.42 Å². The topological polar surface area (TPSA) is 46.6 Å². The Bertz CT molecular complexity index is 514. The molecular weight excluding hydrogens is 226 g/mol. The molecule has 2 rings (SSSR count). The summed E-state index contributed by atoms with van der Waals surface area (Å²) in [5.74, 6) is 0.375. The highest BCUT2D eigenvalue weighted by atomic mass is 32.2. The van der Waals surface area contributed by atoms with Gasteiger partial charge in [-0.15, -0.1) is 0 Å². The second kappa shape index (κ2) is 3.92. The molecule has 0 N–H and O–H groups in total. The summed E-state index contributed by atoms with van der Waals surface area (Å²) in [6.07, 6.45) is 0. The highest BCUT2D eigenvalue weighted by Gasteiger charge is 2.33. The molecule has 1 fully saturated rings. The Morgan fingerprint density at radius 1 is 1.31 bits per heavy atom. The fraction of sp³-hybridized carbons (Fsp3) is 0.273. The molecule has 0 atom stereocenters. The molecule has 0 unspecified atom stereocenters. The lowest BCUT2D eigenvalue weighted by molar-refractivity contribution is 0.378. The van der Waals surface area contributed by atoms with E-state index in [2.05, 4.69) is 6.58 Å². The summed E-state index contributed by atoms with van der Waals surface area (Å²) < 4.78 is 30.7. The zero-order valence-electron chi connectivity index (χ0n) is 9.01. The van der Waals surface area contributed by atoms with E-state index in [4.69, 9.17) is 4.74 Å². The van der Waals surface area contributed by atoms with Crippen molar-refractivity contribution in [3.8, 4) is 5.75 Å². The fourth-order valence-corrected chi connectivity index (χ4v) is 3.23. The van der Waals surface area contributed by atoms with Crippen LogP contribution in [0, 0.1) is 0 Å². The maximum Gasteiger partial charge on any atom is 0.247 e. The van der Waals surface area contributed by atoms with Crippen LogP contribution < -0.4 is 4.74 Å². The largest absolute Gasteiger partial charge is 0.495 e. The van der Waals surface area contributed by atoms with Crippen molar-refractivity contribution in [1.82, 2.24) is 4.31 Å². The minimum absolute atomic E-state index is 0.213. The van der Waals surface area contributed by atoms with E-state index in [-0.39, 0.29) is 4.90 Å². The number of methoxy groups -OCH3 is 1. The molecule has 4 nitrogen and oxygen atoms in total. The van der Waals surface area contributed by atoms with Crippen LogP contribution in [-0.2, 0) is 10.0 Å². The smallest absolute Gasteiger partial charge is 0.247 e. The van der Waals surface area contributed by atoms with Crippen LogP contribution in [0.5, 0.6) is 5.75 Å². The number of rotatable bonds is 3. The molecule has 1 saturated heterocycles. The predicted octanol–water partition coefficient (Wildman–Crippen LogP) is 1.26. The molecule has 16 heavy (non-hydrogen) atoms. The monoisotopic (exact) mass is 239 g/mol. The van der Waals surface area contributed by atoms with Gasteiger partial charge in [0.1, 0.15) is 10.6 Å². The lowest BCUT2D eigenvalue weighted by Gasteiger charge is -2.32. The number of ether oxygens (including phenoxy) is 1. The van der Waals surface area contributed by atoms with Gasteiger partial charge >= 0.3 is 0 Å². The minimum Gasteiger partial charge on any atom is -0.495 e. The first-order chi connectivity index (χ1) is 7.55. The zero-order chi connectivity index (χ0) is 11.8. The summed E-state index contributed by atoms with van der Waals surface area (Å²) in [7, 11) is -1.97. The van der Waals surface area contributed by atoms with Gasteiger partial charge in [-0.1, -0.05) is 18.7 Å². The molecule has 0 amide bonds. The molecule has 0 aromatic heterocycles. The van der Waals surface area contributed by atoms with Gasteiger partial charge in [-0.05, 0) is 17.7 Å². The van der Waals surface area contributed by atoms with E-state index in [1.165, 1.54) is 11.4 Å². The second-order valence-electron chi connectivity index (χ2n) is 3.67. The number of para-hydroxylation sites is 1. The van der Waals surface area contributed by atoms with Crippen LogP contribution >= 0.6 is 0 Å². The van der Waals surface area contributed by atoms with Gasteiger partial charge < -0.3 is 4.74 Å². The van der Waals surface area contributed by atoms with Crippen molar-refractivity contribution >= 4 is 10.0 Å². The molecule has 1 aliphatic heterocycles. The Morgan fingerprint density at radius 3 is 2.50 bits per heavy atom. The molecule has 0 aliphatic carbocycles. The van der Waals surface area contributed by atoms with Crippen molar-refractivity contribution < 1.29 is 13.2 Å². The molecule has 0 saturated carbocycles. The Kier molecular flexibility index (Phi) is 2.73. The Hall–Kier alpha value is -1.33. The third-order valence-electron chi connectivity index (χ3n) is 2.49. The van der Waals surface area contributed by atoms with Crippen LogP contribution in [0.4, 0.5) is 0 Å². The first-order valence-electron chi connectivity index (χ1n) is 4.85.